The topological polar surface area (TPSA) is 37.4 Å². The Kier molecular flexibility index (Phi) is 4.34. The molecule has 0 N–H and O–H groups in total. The number of rotatable bonds is 2. The van der Waals surface area contributed by atoms with Crippen LogP contribution < -0.4 is 0 Å². The van der Waals surface area contributed by atoms with Gasteiger partial charge in [-0.2, -0.15) is 0 Å². The first-order chi connectivity index (χ1) is 9.58. The SMILES string of the molecule is O=C1CCCC1C1CCCN1C(=O)c1cc(Br)sc1Br. The van der Waals surface area contributed by atoms with Crippen LogP contribution in [0.25, 0.3) is 0 Å². The van der Waals surface area contributed by atoms with E-state index in [-0.39, 0.29) is 17.9 Å². The number of Topliss-reactive ketones (excluding diaryl/α,β-unsaturated/α-hetero) is 1. The number of carbonyl (C=O) groups is 2. The summed E-state index contributed by atoms with van der Waals surface area (Å²) in [7, 11) is 0. The molecule has 108 valence electrons. The number of halogens is 2. The van der Waals surface area contributed by atoms with Gasteiger partial charge >= 0.3 is 0 Å². The average molecular weight is 421 g/mol. The van der Waals surface area contributed by atoms with Crippen molar-refractivity contribution in [2.24, 2.45) is 5.92 Å². The fourth-order valence-corrected chi connectivity index (χ4v) is 6.13. The largest absolute Gasteiger partial charge is 0.335 e. The summed E-state index contributed by atoms with van der Waals surface area (Å²) < 4.78 is 1.80. The highest BCUT2D eigenvalue weighted by Crippen LogP contribution is 2.37. The molecule has 2 unspecified atom stereocenters. The molecule has 1 aliphatic carbocycles. The van der Waals surface area contributed by atoms with Crippen molar-refractivity contribution in [2.75, 3.05) is 6.54 Å². The smallest absolute Gasteiger partial charge is 0.256 e. The lowest BCUT2D eigenvalue weighted by atomic mass is 9.95. The van der Waals surface area contributed by atoms with Crippen LogP contribution in [0.5, 0.6) is 0 Å². The van der Waals surface area contributed by atoms with Crippen molar-refractivity contribution in [2.45, 2.75) is 38.1 Å². The summed E-state index contributed by atoms with van der Waals surface area (Å²) in [5.41, 5.74) is 0.708. The minimum absolute atomic E-state index is 0.0565. The van der Waals surface area contributed by atoms with E-state index in [1.165, 1.54) is 11.3 Å². The van der Waals surface area contributed by atoms with E-state index in [1.807, 2.05) is 11.0 Å². The van der Waals surface area contributed by atoms with Gasteiger partial charge in [0.1, 0.15) is 5.78 Å². The Bertz CT molecular complexity index is 557. The Morgan fingerprint density at radius 2 is 2.10 bits per heavy atom. The zero-order chi connectivity index (χ0) is 14.3. The van der Waals surface area contributed by atoms with E-state index in [2.05, 4.69) is 31.9 Å². The van der Waals surface area contributed by atoms with E-state index in [9.17, 15) is 9.59 Å². The van der Waals surface area contributed by atoms with E-state index in [4.69, 9.17) is 0 Å². The summed E-state index contributed by atoms with van der Waals surface area (Å²) in [5, 5.41) is 0. The van der Waals surface area contributed by atoms with Crippen molar-refractivity contribution in [1.82, 2.24) is 4.90 Å². The van der Waals surface area contributed by atoms with Gasteiger partial charge in [-0.05, 0) is 63.6 Å². The van der Waals surface area contributed by atoms with Crippen LogP contribution in [0.15, 0.2) is 13.6 Å². The van der Waals surface area contributed by atoms with Crippen LogP contribution in [0.1, 0.15) is 42.5 Å². The maximum atomic E-state index is 12.7. The molecule has 2 atom stereocenters. The Morgan fingerprint density at radius 3 is 2.70 bits per heavy atom. The van der Waals surface area contributed by atoms with Gasteiger partial charge < -0.3 is 4.90 Å². The van der Waals surface area contributed by atoms with Gasteiger partial charge in [0.05, 0.1) is 13.1 Å². The highest BCUT2D eigenvalue weighted by molar-refractivity contribution is 9.12. The van der Waals surface area contributed by atoms with Crippen molar-refractivity contribution in [3.63, 3.8) is 0 Å². The normalized spacial score (nSPS) is 26.5. The monoisotopic (exact) mass is 419 g/mol. The van der Waals surface area contributed by atoms with Gasteiger partial charge in [-0.25, -0.2) is 0 Å². The van der Waals surface area contributed by atoms with Gasteiger partial charge in [0.2, 0.25) is 0 Å². The van der Waals surface area contributed by atoms with Gasteiger partial charge in [-0.3, -0.25) is 9.59 Å². The number of ketones is 1. The predicted octanol–water partition coefficient (Wildman–Crippen LogP) is 4.25. The molecule has 2 aliphatic rings. The molecule has 1 amide bonds. The summed E-state index contributed by atoms with van der Waals surface area (Å²) in [6, 6.07) is 1.98. The van der Waals surface area contributed by atoms with E-state index < -0.39 is 0 Å². The van der Waals surface area contributed by atoms with E-state index in [1.54, 1.807) is 0 Å². The lowest BCUT2D eigenvalue weighted by molar-refractivity contribution is -0.121. The highest BCUT2D eigenvalue weighted by Gasteiger charge is 2.40. The molecule has 1 saturated heterocycles. The van der Waals surface area contributed by atoms with Crippen LogP contribution >= 0.6 is 43.2 Å². The summed E-state index contributed by atoms with van der Waals surface area (Å²) in [5.74, 6) is 0.476. The molecule has 1 aliphatic heterocycles. The highest BCUT2D eigenvalue weighted by atomic mass is 79.9. The minimum Gasteiger partial charge on any atom is -0.335 e. The fourth-order valence-electron chi connectivity index (χ4n) is 3.35. The first-order valence-corrected chi connectivity index (χ1v) is 9.26. The molecule has 20 heavy (non-hydrogen) atoms. The second-order valence-corrected chi connectivity index (χ2v) is 9.16. The number of likely N-dealkylation sites (tertiary alicyclic amines) is 1. The van der Waals surface area contributed by atoms with Crippen LogP contribution in [-0.2, 0) is 4.79 Å². The van der Waals surface area contributed by atoms with Crippen molar-refractivity contribution in [1.29, 1.82) is 0 Å². The first-order valence-electron chi connectivity index (χ1n) is 6.86. The molecule has 6 heteroatoms. The number of amides is 1. The molecule has 0 spiro atoms. The lowest BCUT2D eigenvalue weighted by Crippen LogP contribution is -2.41. The minimum atomic E-state index is 0.0565. The maximum absolute atomic E-state index is 12.7. The third-order valence-corrected chi connectivity index (χ3v) is 6.60. The number of hydrogen-bond acceptors (Lipinski definition) is 3. The van der Waals surface area contributed by atoms with Gasteiger partial charge in [0.15, 0.2) is 0 Å². The zero-order valence-corrected chi connectivity index (χ0v) is 14.9. The fraction of sp³-hybridized carbons (Fsp3) is 0.571. The third kappa shape index (κ3) is 2.62. The molecule has 2 heterocycles. The second kappa shape index (κ2) is 5.89. The van der Waals surface area contributed by atoms with Crippen LogP contribution in [0, 0.1) is 5.92 Å². The van der Waals surface area contributed by atoms with E-state index in [0.29, 0.717) is 17.8 Å². The van der Waals surface area contributed by atoms with Crippen molar-refractivity contribution >= 4 is 54.9 Å². The molecule has 1 aromatic heterocycles. The molecular weight excluding hydrogens is 406 g/mol. The van der Waals surface area contributed by atoms with Gasteiger partial charge in [0, 0.05) is 24.9 Å². The number of nitrogens with zero attached hydrogens (tertiary/aromatic N) is 1. The number of carbonyl (C=O) groups excluding carboxylic acids is 2. The summed E-state index contributed by atoms with van der Waals surface area (Å²) in [4.78, 5) is 26.6. The molecule has 1 saturated carbocycles. The van der Waals surface area contributed by atoms with Crippen LogP contribution in [0.3, 0.4) is 0 Å². The van der Waals surface area contributed by atoms with E-state index in [0.717, 1.165) is 39.8 Å². The summed E-state index contributed by atoms with van der Waals surface area (Å²) in [6.07, 6.45) is 4.59. The Hall–Kier alpha value is -0.200. The number of thiophene rings is 1. The second-order valence-electron chi connectivity index (χ2n) is 5.41. The first kappa shape index (κ1) is 14.7. The molecule has 3 rings (SSSR count). The average Bonchev–Trinajstić information content (AvgIpc) is 3.08. The molecular formula is C14H15Br2NO2S. The van der Waals surface area contributed by atoms with Crippen LogP contribution in [0.2, 0.25) is 0 Å². The Labute approximate surface area is 139 Å². The predicted molar refractivity (Wildman–Crippen MR) is 86.1 cm³/mol. The Balaban J connectivity index is 1.83. The molecule has 0 bridgehead atoms. The molecule has 2 fully saturated rings. The lowest BCUT2D eigenvalue weighted by Gasteiger charge is -2.28. The Morgan fingerprint density at radius 1 is 1.30 bits per heavy atom. The van der Waals surface area contributed by atoms with Crippen LogP contribution in [-0.4, -0.2) is 29.2 Å². The van der Waals surface area contributed by atoms with Gasteiger partial charge in [-0.15, -0.1) is 11.3 Å². The number of hydrogen-bond donors (Lipinski definition) is 0. The standard InChI is InChI=1S/C14H15Br2NO2S/c15-12-7-9(13(16)20-12)14(19)17-6-2-4-10(17)8-3-1-5-11(8)18/h7-8,10H,1-6H2. The zero-order valence-electron chi connectivity index (χ0n) is 10.9. The maximum Gasteiger partial charge on any atom is 0.256 e. The quantitative estimate of drug-likeness (QED) is 0.717. The van der Waals surface area contributed by atoms with Gasteiger partial charge in [-0.1, -0.05) is 0 Å². The molecule has 3 nitrogen and oxygen atoms in total. The summed E-state index contributed by atoms with van der Waals surface area (Å²) in [6.45, 7) is 0.771. The van der Waals surface area contributed by atoms with E-state index >= 15 is 0 Å². The molecule has 0 radical (unpaired) electrons. The van der Waals surface area contributed by atoms with Crippen molar-refractivity contribution in [3.8, 4) is 0 Å². The third-order valence-electron chi connectivity index (χ3n) is 4.26. The summed E-state index contributed by atoms with van der Waals surface area (Å²) >= 11 is 8.38. The molecule has 1 aromatic rings. The van der Waals surface area contributed by atoms with Gasteiger partial charge in [0.25, 0.3) is 5.91 Å². The van der Waals surface area contributed by atoms with Crippen molar-refractivity contribution in [3.05, 3.63) is 19.2 Å². The molecule has 0 aromatic carbocycles. The van der Waals surface area contributed by atoms with Crippen LogP contribution in [0.4, 0.5) is 0 Å². The van der Waals surface area contributed by atoms with Crippen molar-refractivity contribution < 1.29 is 9.59 Å².